The Kier molecular flexibility index (Phi) is 6.87. The summed E-state index contributed by atoms with van der Waals surface area (Å²) in [7, 11) is 0. The van der Waals surface area contributed by atoms with Crippen LogP contribution in [0.1, 0.15) is 30.9 Å². The number of alkyl carbamates (subject to hydrolysis) is 1. The van der Waals surface area contributed by atoms with E-state index < -0.39 is 29.9 Å². The smallest absolute Gasteiger partial charge is 0.407 e. The van der Waals surface area contributed by atoms with E-state index in [0.29, 0.717) is 5.69 Å². The first kappa shape index (κ1) is 24.0. The van der Waals surface area contributed by atoms with Crippen LogP contribution in [-0.2, 0) is 14.3 Å². The molecule has 7 heteroatoms. The number of carboxylic acid groups (broad SMARTS) is 1. The van der Waals surface area contributed by atoms with E-state index in [4.69, 9.17) is 4.74 Å². The van der Waals surface area contributed by atoms with Crippen LogP contribution in [0.2, 0.25) is 0 Å². The van der Waals surface area contributed by atoms with Gasteiger partial charge in [-0.3, -0.25) is 9.59 Å². The van der Waals surface area contributed by atoms with Crippen molar-refractivity contribution < 1.29 is 24.2 Å². The minimum Gasteiger partial charge on any atom is -0.480 e. The predicted octanol–water partition coefficient (Wildman–Crippen LogP) is 4.67. The van der Waals surface area contributed by atoms with Crippen LogP contribution in [0.5, 0.6) is 0 Å². The topological polar surface area (TPSA) is 95.9 Å². The number of rotatable bonds is 8. The van der Waals surface area contributed by atoms with Crippen LogP contribution in [0.25, 0.3) is 11.1 Å². The zero-order valence-electron chi connectivity index (χ0n) is 19.7. The highest BCUT2D eigenvalue weighted by Crippen LogP contribution is 2.44. The fraction of sp³-hybridized carbons (Fsp3) is 0.250. The van der Waals surface area contributed by atoms with Gasteiger partial charge < -0.3 is 20.1 Å². The Morgan fingerprint density at radius 3 is 2.00 bits per heavy atom. The van der Waals surface area contributed by atoms with Crippen molar-refractivity contribution >= 4 is 23.7 Å². The zero-order valence-corrected chi connectivity index (χ0v) is 19.7. The highest BCUT2D eigenvalue weighted by Gasteiger charge is 2.35. The molecule has 0 fully saturated rings. The first-order valence-electron chi connectivity index (χ1n) is 11.5. The van der Waals surface area contributed by atoms with E-state index in [1.807, 2.05) is 36.4 Å². The summed E-state index contributed by atoms with van der Waals surface area (Å²) >= 11 is 0. The number of hydrogen-bond donors (Lipinski definition) is 2. The summed E-state index contributed by atoms with van der Waals surface area (Å²) in [5.74, 6) is -1.60. The van der Waals surface area contributed by atoms with Crippen molar-refractivity contribution in [2.45, 2.75) is 19.8 Å². The lowest BCUT2D eigenvalue weighted by atomic mass is 9.91. The van der Waals surface area contributed by atoms with Crippen LogP contribution in [0.15, 0.2) is 78.9 Å². The number of benzene rings is 3. The summed E-state index contributed by atoms with van der Waals surface area (Å²) < 4.78 is 5.56. The molecule has 7 nitrogen and oxygen atoms in total. The second-order valence-corrected chi connectivity index (χ2v) is 9.18. The fourth-order valence-electron chi connectivity index (χ4n) is 4.41. The number of carbonyl (C=O) groups is 3. The lowest BCUT2D eigenvalue weighted by Crippen LogP contribution is -2.48. The summed E-state index contributed by atoms with van der Waals surface area (Å²) in [5.41, 5.74) is 3.94. The van der Waals surface area contributed by atoms with E-state index in [1.165, 1.54) is 4.90 Å². The molecular weight excluding hydrogens is 444 g/mol. The Morgan fingerprint density at radius 1 is 0.886 bits per heavy atom. The molecule has 180 valence electrons. The third-order valence-electron chi connectivity index (χ3n) is 6.20. The molecule has 2 amide bonds. The molecule has 0 spiro atoms. The maximum Gasteiger partial charge on any atom is 0.407 e. The number of fused-ring (bicyclic) bond motifs is 3. The van der Waals surface area contributed by atoms with E-state index >= 15 is 0 Å². The van der Waals surface area contributed by atoms with Gasteiger partial charge in [-0.15, -0.1) is 0 Å². The number of amides is 2. The number of carboxylic acids is 1. The Hall–Kier alpha value is -4.13. The van der Waals surface area contributed by atoms with Gasteiger partial charge in [-0.1, -0.05) is 66.7 Å². The molecule has 4 rings (SSSR count). The third-order valence-corrected chi connectivity index (χ3v) is 6.20. The number of aliphatic carboxylic acids is 1. The van der Waals surface area contributed by atoms with Crippen molar-refractivity contribution in [3.05, 3.63) is 90.0 Å². The first-order valence-corrected chi connectivity index (χ1v) is 11.5. The highest BCUT2D eigenvalue weighted by atomic mass is 16.5. The first-order chi connectivity index (χ1) is 16.8. The van der Waals surface area contributed by atoms with E-state index in [2.05, 4.69) is 17.4 Å². The van der Waals surface area contributed by atoms with Crippen LogP contribution in [-0.4, -0.2) is 42.8 Å². The van der Waals surface area contributed by atoms with Gasteiger partial charge in [-0.2, -0.15) is 0 Å². The average Bonchev–Trinajstić information content (AvgIpc) is 3.18. The minimum atomic E-state index is -1.12. The Morgan fingerprint density at radius 2 is 1.43 bits per heavy atom. The number of nitrogens with one attached hydrogen (secondary N) is 1. The summed E-state index contributed by atoms with van der Waals surface area (Å²) in [6.45, 7) is 3.01. The molecule has 3 aromatic rings. The van der Waals surface area contributed by atoms with Crippen molar-refractivity contribution in [3.8, 4) is 11.1 Å². The molecule has 0 unspecified atom stereocenters. The van der Waals surface area contributed by atoms with Gasteiger partial charge in [0.15, 0.2) is 0 Å². The zero-order chi connectivity index (χ0) is 25.0. The van der Waals surface area contributed by atoms with Crippen LogP contribution in [0.4, 0.5) is 10.5 Å². The number of hydrogen-bond acceptors (Lipinski definition) is 4. The molecule has 0 radical (unpaired) electrons. The van der Waals surface area contributed by atoms with E-state index in [-0.39, 0.29) is 19.1 Å². The number of nitrogens with zero attached hydrogens (tertiary/aromatic N) is 1. The molecule has 0 aliphatic heterocycles. The van der Waals surface area contributed by atoms with E-state index in [9.17, 15) is 19.5 Å². The molecule has 0 heterocycles. The van der Waals surface area contributed by atoms with Crippen molar-refractivity contribution in [3.63, 3.8) is 0 Å². The van der Waals surface area contributed by atoms with Crippen molar-refractivity contribution in [1.82, 2.24) is 5.32 Å². The number of carbonyl (C=O) groups excluding carboxylic acids is 2. The quantitative estimate of drug-likeness (QED) is 0.497. The van der Waals surface area contributed by atoms with Crippen molar-refractivity contribution in [1.29, 1.82) is 0 Å². The van der Waals surface area contributed by atoms with Gasteiger partial charge in [0.2, 0.25) is 5.91 Å². The second kappa shape index (κ2) is 10.0. The summed E-state index contributed by atoms with van der Waals surface area (Å²) in [6, 6.07) is 24.8. The van der Waals surface area contributed by atoms with Gasteiger partial charge in [0.1, 0.15) is 13.2 Å². The van der Waals surface area contributed by atoms with Crippen molar-refractivity contribution in [2.24, 2.45) is 5.41 Å². The van der Waals surface area contributed by atoms with E-state index in [0.717, 1.165) is 22.3 Å². The lowest BCUT2D eigenvalue weighted by Gasteiger charge is -2.31. The van der Waals surface area contributed by atoms with Gasteiger partial charge in [0.25, 0.3) is 0 Å². The molecule has 0 saturated carbocycles. The number of anilines is 1. The summed E-state index contributed by atoms with van der Waals surface area (Å²) in [5, 5.41) is 12.0. The molecule has 0 aromatic heterocycles. The maximum absolute atomic E-state index is 13.2. The van der Waals surface area contributed by atoms with Crippen molar-refractivity contribution in [2.75, 3.05) is 24.6 Å². The standard InChI is InChI=1S/C28H28N2O5/c1-28(2,26(33)30(16-25(31)32)19-10-4-3-5-11-19)18-29-27(34)35-17-24-22-14-8-6-12-20(22)21-13-7-9-15-23(21)24/h3-15,24H,16-18H2,1-2H3,(H,29,34)(H,31,32). The summed E-state index contributed by atoms with van der Waals surface area (Å²) in [6.07, 6.45) is -0.628. The Labute approximate surface area is 204 Å². The van der Waals surface area contributed by atoms with Gasteiger partial charge in [0.05, 0.1) is 5.41 Å². The van der Waals surface area contributed by atoms with Gasteiger partial charge in [-0.05, 0) is 48.2 Å². The van der Waals surface area contributed by atoms with Gasteiger partial charge in [-0.25, -0.2) is 4.79 Å². The molecule has 1 aliphatic rings. The molecule has 0 atom stereocenters. The predicted molar refractivity (Wildman–Crippen MR) is 133 cm³/mol. The maximum atomic E-state index is 13.2. The largest absolute Gasteiger partial charge is 0.480 e. The molecule has 0 bridgehead atoms. The third kappa shape index (κ3) is 5.19. The average molecular weight is 473 g/mol. The highest BCUT2D eigenvalue weighted by molar-refractivity contribution is 6.00. The van der Waals surface area contributed by atoms with Crippen LogP contribution < -0.4 is 10.2 Å². The molecule has 3 aromatic carbocycles. The number of ether oxygens (including phenoxy) is 1. The fourth-order valence-corrected chi connectivity index (χ4v) is 4.41. The molecular formula is C28H28N2O5. The monoisotopic (exact) mass is 472 g/mol. The van der Waals surface area contributed by atoms with Crippen LogP contribution in [0, 0.1) is 5.41 Å². The Bertz CT molecular complexity index is 1190. The molecule has 35 heavy (non-hydrogen) atoms. The van der Waals surface area contributed by atoms with Crippen LogP contribution >= 0.6 is 0 Å². The minimum absolute atomic E-state index is 0.00847. The number of para-hydroxylation sites is 1. The van der Waals surface area contributed by atoms with Gasteiger partial charge in [0, 0.05) is 18.2 Å². The second-order valence-electron chi connectivity index (χ2n) is 9.18. The summed E-state index contributed by atoms with van der Waals surface area (Å²) in [4.78, 5) is 38.4. The molecule has 2 N–H and O–H groups in total. The molecule has 0 saturated heterocycles. The van der Waals surface area contributed by atoms with Crippen LogP contribution in [0.3, 0.4) is 0 Å². The SMILES string of the molecule is CC(C)(CNC(=O)OCC1c2ccccc2-c2ccccc21)C(=O)N(CC(=O)O)c1ccccc1. The Balaban J connectivity index is 1.39. The molecule has 1 aliphatic carbocycles. The normalized spacial score (nSPS) is 12.4. The van der Waals surface area contributed by atoms with Gasteiger partial charge >= 0.3 is 12.1 Å². The van der Waals surface area contributed by atoms with E-state index in [1.54, 1.807) is 44.2 Å². The lowest BCUT2D eigenvalue weighted by molar-refractivity contribution is -0.137.